The first-order valence-electron chi connectivity index (χ1n) is 12.7. The van der Waals surface area contributed by atoms with E-state index in [-0.39, 0.29) is 37.3 Å². The predicted octanol–water partition coefficient (Wildman–Crippen LogP) is 2.20. The monoisotopic (exact) mass is 519 g/mol. The van der Waals surface area contributed by atoms with Gasteiger partial charge in [-0.15, -0.1) is 0 Å². The number of nitrogens with one attached hydrogen (secondary N) is 4. The second-order valence-electron chi connectivity index (χ2n) is 9.20. The third-order valence-corrected chi connectivity index (χ3v) is 5.87. The first-order chi connectivity index (χ1) is 17.5. The van der Waals surface area contributed by atoms with Crippen LogP contribution in [0.5, 0.6) is 0 Å². The highest BCUT2D eigenvalue weighted by atomic mass is 16.5. The topological polar surface area (TPSA) is 169 Å². The molecule has 11 nitrogen and oxygen atoms in total. The number of rotatable bonds is 15. The Balaban J connectivity index is 2.95. The maximum Gasteiger partial charge on any atom is 0.312 e. The summed E-state index contributed by atoms with van der Waals surface area (Å²) in [5.41, 5.74) is 6.35. The Hall–Kier alpha value is -3.63. The molecule has 0 aromatic heterocycles. The lowest BCUT2D eigenvalue weighted by atomic mass is 9.98. The number of benzene rings is 1. The number of ether oxygens (including phenoxy) is 1. The average Bonchev–Trinajstić information content (AvgIpc) is 2.84. The summed E-state index contributed by atoms with van der Waals surface area (Å²) in [6.07, 6.45) is 1.93. The van der Waals surface area contributed by atoms with Gasteiger partial charge in [0, 0.05) is 25.1 Å². The maximum atomic E-state index is 13.2. The number of carbonyl (C=O) groups excluding carboxylic acids is 5. The van der Waals surface area contributed by atoms with Crippen molar-refractivity contribution in [1.29, 1.82) is 0 Å². The van der Waals surface area contributed by atoms with Gasteiger partial charge < -0.3 is 31.7 Å². The Labute approximate surface area is 218 Å². The lowest BCUT2D eigenvalue weighted by Gasteiger charge is -2.26. The summed E-state index contributed by atoms with van der Waals surface area (Å²) in [5.74, 6) is -1.90. The maximum absolute atomic E-state index is 13.2. The molecule has 0 aliphatic heterocycles. The molecule has 0 aliphatic rings. The first-order valence-corrected chi connectivity index (χ1v) is 12.7. The van der Waals surface area contributed by atoms with Gasteiger partial charge in [0.25, 0.3) is 0 Å². The zero-order valence-electron chi connectivity index (χ0n) is 22.4. The highest BCUT2D eigenvalue weighted by Crippen LogP contribution is 2.14. The third-order valence-electron chi connectivity index (χ3n) is 5.87. The fourth-order valence-electron chi connectivity index (χ4n) is 3.61. The van der Waals surface area contributed by atoms with Crippen molar-refractivity contribution in [1.82, 2.24) is 16.0 Å². The number of amides is 5. The molecule has 1 aromatic carbocycles. The van der Waals surface area contributed by atoms with E-state index < -0.39 is 35.9 Å². The number of anilines is 1. The molecule has 1 aromatic rings. The van der Waals surface area contributed by atoms with Crippen molar-refractivity contribution in [2.75, 3.05) is 11.9 Å². The number of primary amides is 1. The third kappa shape index (κ3) is 11.8. The summed E-state index contributed by atoms with van der Waals surface area (Å²) in [6, 6.07) is 4.34. The molecule has 1 unspecified atom stereocenters. The number of urea groups is 1. The van der Waals surface area contributed by atoms with Crippen LogP contribution in [0.2, 0.25) is 0 Å². The molecule has 6 N–H and O–H groups in total. The zero-order chi connectivity index (χ0) is 28.0. The smallest absolute Gasteiger partial charge is 0.312 e. The van der Waals surface area contributed by atoms with Crippen LogP contribution in [0, 0.1) is 11.8 Å². The Morgan fingerprint density at radius 3 is 2.05 bits per heavy atom. The minimum Gasteiger partial charge on any atom is -0.461 e. The minimum atomic E-state index is -0.922. The van der Waals surface area contributed by atoms with E-state index in [1.54, 1.807) is 24.3 Å². The predicted molar refractivity (Wildman–Crippen MR) is 140 cm³/mol. The van der Waals surface area contributed by atoms with Gasteiger partial charge in [0.2, 0.25) is 17.7 Å². The van der Waals surface area contributed by atoms with Crippen LogP contribution in [0.1, 0.15) is 65.9 Å². The van der Waals surface area contributed by atoms with E-state index in [1.165, 1.54) is 6.92 Å². The minimum absolute atomic E-state index is 0.119. The van der Waals surface area contributed by atoms with E-state index in [0.717, 1.165) is 5.56 Å². The van der Waals surface area contributed by atoms with Gasteiger partial charge in [0.05, 0.1) is 0 Å². The van der Waals surface area contributed by atoms with Gasteiger partial charge >= 0.3 is 12.0 Å². The summed E-state index contributed by atoms with van der Waals surface area (Å²) < 4.78 is 4.96. The number of hydrogen-bond donors (Lipinski definition) is 5. The molecular formula is C26H41N5O6. The van der Waals surface area contributed by atoms with E-state index in [9.17, 15) is 24.0 Å². The Bertz CT molecular complexity index is 915. The number of nitrogens with two attached hydrogens (primary N) is 1. The molecular weight excluding hydrogens is 478 g/mol. The standard InChI is InChI=1S/C26H41N5O6/c1-6-19(7-2)23(33)31-22(16(3)4)25(35)30-21(9-8-14-28-26(27)36)24(34)29-20-12-10-18(11-13-20)15-37-17(5)32/h10-13,16,19,21-22H,6-9,14-15H2,1-5H3,(H,29,34)(H,30,35)(H,31,33)(H3,27,28,36)/t21-,22?/m0/s1. The van der Waals surface area contributed by atoms with Crippen LogP contribution in [-0.4, -0.2) is 48.4 Å². The number of esters is 1. The molecule has 0 radical (unpaired) electrons. The van der Waals surface area contributed by atoms with Crippen LogP contribution >= 0.6 is 0 Å². The van der Waals surface area contributed by atoms with E-state index >= 15 is 0 Å². The molecule has 11 heteroatoms. The first kappa shape index (κ1) is 31.4. The molecule has 0 saturated carbocycles. The van der Waals surface area contributed by atoms with Crippen molar-refractivity contribution >= 4 is 35.4 Å². The lowest BCUT2D eigenvalue weighted by molar-refractivity contribution is -0.142. The van der Waals surface area contributed by atoms with Crippen molar-refractivity contribution in [3.05, 3.63) is 29.8 Å². The normalized spacial score (nSPS) is 12.4. The Morgan fingerprint density at radius 2 is 1.54 bits per heavy atom. The van der Waals surface area contributed by atoms with E-state index in [2.05, 4.69) is 21.3 Å². The summed E-state index contributed by atoms with van der Waals surface area (Å²) in [4.78, 5) is 60.8. The van der Waals surface area contributed by atoms with Gasteiger partial charge in [-0.1, -0.05) is 39.8 Å². The van der Waals surface area contributed by atoms with Gasteiger partial charge in [-0.3, -0.25) is 19.2 Å². The van der Waals surface area contributed by atoms with Crippen molar-refractivity contribution < 1.29 is 28.7 Å². The van der Waals surface area contributed by atoms with Crippen LogP contribution in [0.3, 0.4) is 0 Å². The molecule has 0 saturated heterocycles. The molecule has 0 heterocycles. The summed E-state index contributed by atoms with van der Waals surface area (Å²) in [6.45, 7) is 9.15. The summed E-state index contributed by atoms with van der Waals surface area (Å²) >= 11 is 0. The Kier molecular flexibility index (Phi) is 13.7. The quantitative estimate of drug-likeness (QED) is 0.176. The fraction of sp³-hybridized carbons (Fsp3) is 0.577. The van der Waals surface area contributed by atoms with Crippen LogP contribution in [-0.2, 0) is 30.5 Å². The van der Waals surface area contributed by atoms with Gasteiger partial charge in [-0.2, -0.15) is 0 Å². The van der Waals surface area contributed by atoms with Gasteiger partial charge in [0.15, 0.2) is 0 Å². The van der Waals surface area contributed by atoms with E-state index in [4.69, 9.17) is 10.5 Å². The SMILES string of the molecule is CCC(CC)C(=O)NC(C(=O)N[C@@H](CCCNC(N)=O)C(=O)Nc1ccc(COC(C)=O)cc1)C(C)C. The fourth-order valence-corrected chi connectivity index (χ4v) is 3.61. The molecule has 1 rings (SSSR count). The average molecular weight is 520 g/mol. The largest absolute Gasteiger partial charge is 0.461 e. The van der Waals surface area contributed by atoms with Gasteiger partial charge in [-0.05, 0) is 49.3 Å². The van der Waals surface area contributed by atoms with Crippen molar-refractivity contribution in [2.45, 2.75) is 79.0 Å². The highest BCUT2D eigenvalue weighted by Gasteiger charge is 2.30. The van der Waals surface area contributed by atoms with E-state index in [1.807, 2.05) is 27.7 Å². The number of carbonyl (C=O) groups is 5. The number of hydrogen-bond acceptors (Lipinski definition) is 6. The van der Waals surface area contributed by atoms with Gasteiger partial charge in [0.1, 0.15) is 18.7 Å². The molecule has 0 aliphatic carbocycles. The molecule has 0 spiro atoms. The van der Waals surface area contributed by atoms with Crippen molar-refractivity contribution in [3.63, 3.8) is 0 Å². The van der Waals surface area contributed by atoms with Crippen LogP contribution in [0.25, 0.3) is 0 Å². The summed E-state index contributed by atoms with van der Waals surface area (Å²) in [7, 11) is 0. The molecule has 0 bridgehead atoms. The van der Waals surface area contributed by atoms with Crippen LogP contribution < -0.4 is 27.0 Å². The summed E-state index contributed by atoms with van der Waals surface area (Å²) in [5, 5.41) is 10.8. The van der Waals surface area contributed by atoms with Crippen molar-refractivity contribution in [3.8, 4) is 0 Å². The van der Waals surface area contributed by atoms with Crippen LogP contribution in [0.15, 0.2) is 24.3 Å². The Morgan fingerprint density at radius 1 is 0.919 bits per heavy atom. The molecule has 206 valence electrons. The van der Waals surface area contributed by atoms with E-state index in [0.29, 0.717) is 24.9 Å². The molecule has 0 fully saturated rings. The molecule has 37 heavy (non-hydrogen) atoms. The molecule has 5 amide bonds. The van der Waals surface area contributed by atoms with Gasteiger partial charge in [-0.25, -0.2) is 4.79 Å². The second-order valence-corrected chi connectivity index (χ2v) is 9.20. The van der Waals surface area contributed by atoms with Crippen molar-refractivity contribution in [2.24, 2.45) is 17.6 Å². The van der Waals surface area contributed by atoms with Crippen LogP contribution in [0.4, 0.5) is 10.5 Å². The molecule has 2 atom stereocenters. The highest BCUT2D eigenvalue weighted by molar-refractivity contribution is 5.98. The zero-order valence-corrected chi connectivity index (χ0v) is 22.4. The second kappa shape index (κ2) is 16.2. The lowest BCUT2D eigenvalue weighted by Crippen LogP contribution is -2.55.